The summed E-state index contributed by atoms with van der Waals surface area (Å²) in [6.45, 7) is 4.99. The molecule has 21 heavy (non-hydrogen) atoms. The van der Waals surface area contributed by atoms with Crippen molar-refractivity contribution in [2.75, 3.05) is 30.8 Å². The van der Waals surface area contributed by atoms with Gasteiger partial charge in [0, 0.05) is 31.5 Å². The van der Waals surface area contributed by atoms with Crippen molar-refractivity contribution in [3.05, 3.63) is 23.3 Å². The number of carbonyl (C=O) groups is 2. The third kappa shape index (κ3) is 2.66. The van der Waals surface area contributed by atoms with Crippen molar-refractivity contribution in [2.45, 2.75) is 20.3 Å². The van der Waals surface area contributed by atoms with E-state index in [2.05, 4.69) is 5.32 Å². The predicted octanol–water partition coefficient (Wildman–Crippen LogP) is 1.24. The number of nitrogens with zero attached hydrogens (tertiary/aromatic N) is 1. The lowest BCUT2D eigenvalue weighted by Gasteiger charge is -2.24. The number of carboxylic acid groups (broad SMARTS) is 1. The lowest BCUT2D eigenvalue weighted by Crippen LogP contribution is -2.39. The summed E-state index contributed by atoms with van der Waals surface area (Å²) < 4.78 is 0. The second-order valence-electron chi connectivity index (χ2n) is 5.84. The minimum atomic E-state index is -1.04. The van der Waals surface area contributed by atoms with Crippen LogP contribution in [0.5, 0.6) is 0 Å². The maximum absolute atomic E-state index is 12.0. The Morgan fingerprint density at radius 3 is 2.67 bits per heavy atom. The van der Waals surface area contributed by atoms with Gasteiger partial charge in [-0.15, -0.1) is 0 Å². The fourth-order valence-electron chi connectivity index (χ4n) is 2.81. The van der Waals surface area contributed by atoms with Crippen LogP contribution < -0.4 is 16.0 Å². The minimum Gasteiger partial charge on any atom is -0.478 e. The molecule has 1 unspecified atom stereocenters. The number of aromatic carboxylic acids is 1. The largest absolute Gasteiger partial charge is 0.478 e. The highest BCUT2D eigenvalue weighted by molar-refractivity contribution is 5.96. The molecule has 0 bridgehead atoms. The molecule has 4 N–H and O–H groups in total. The van der Waals surface area contributed by atoms with Crippen LogP contribution in [-0.2, 0) is 4.79 Å². The first-order chi connectivity index (χ1) is 9.78. The fraction of sp³-hybridized carbons (Fsp3) is 0.467. The van der Waals surface area contributed by atoms with Crippen LogP contribution in [0.2, 0.25) is 0 Å². The maximum Gasteiger partial charge on any atom is 0.337 e. The van der Waals surface area contributed by atoms with Crippen LogP contribution in [0.3, 0.4) is 0 Å². The van der Waals surface area contributed by atoms with E-state index in [-0.39, 0.29) is 11.5 Å². The normalized spacial score (nSPS) is 21.4. The van der Waals surface area contributed by atoms with Crippen LogP contribution in [0.15, 0.2) is 12.1 Å². The van der Waals surface area contributed by atoms with Gasteiger partial charge in [0.05, 0.1) is 11.0 Å². The highest BCUT2D eigenvalue weighted by Gasteiger charge is 2.40. The Labute approximate surface area is 123 Å². The van der Waals surface area contributed by atoms with E-state index in [1.54, 1.807) is 20.0 Å². The average molecular weight is 291 g/mol. The number of carbonyl (C=O) groups excluding carboxylic acids is 1. The molecule has 114 valence electrons. The van der Waals surface area contributed by atoms with Gasteiger partial charge in [0.25, 0.3) is 0 Å². The van der Waals surface area contributed by atoms with Gasteiger partial charge in [0.15, 0.2) is 0 Å². The number of hydrogen-bond donors (Lipinski definition) is 3. The molecule has 2 rings (SSSR count). The Kier molecular flexibility index (Phi) is 3.80. The van der Waals surface area contributed by atoms with Crippen molar-refractivity contribution in [1.82, 2.24) is 5.32 Å². The van der Waals surface area contributed by atoms with E-state index in [1.165, 1.54) is 0 Å². The number of amides is 1. The molecule has 1 aliphatic rings. The van der Waals surface area contributed by atoms with Crippen LogP contribution in [-0.4, -0.2) is 37.1 Å². The number of nitrogens with two attached hydrogens (primary N) is 1. The third-order valence-electron chi connectivity index (χ3n) is 4.22. The van der Waals surface area contributed by atoms with Gasteiger partial charge in [-0.3, -0.25) is 4.79 Å². The van der Waals surface area contributed by atoms with Crippen LogP contribution in [0.1, 0.15) is 29.3 Å². The minimum absolute atomic E-state index is 0.00984. The molecule has 1 saturated heterocycles. The molecule has 1 aromatic carbocycles. The number of benzene rings is 1. The first kappa shape index (κ1) is 15.2. The number of rotatable bonds is 3. The zero-order chi connectivity index (χ0) is 15.8. The number of nitrogens with one attached hydrogen (secondary N) is 1. The second kappa shape index (κ2) is 5.27. The fourth-order valence-corrected chi connectivity index (χ4v) is 2.81. The Balaban J connectivity index is 2.33. The topological polar surface area (TPSA) is 95.7 Å². The van der Waals surface area contributed by atoms with Gasteiger partial charge >= 0.3 is 5.97 Å². The van der Waals surface area contributed by atoms with Gasteiger partial charge < -0.3 is 21.1 Å². The number of carboxylic acids is 1. The number of hydrogen-bond acceptors (Lipinski definition) is 4. The van der Waals surface area contributed by atoms with E-state index in [0.29, 0.717) is 18.8 Å². The standard InChI is InChI=1S/C15H21N3O3/c1-9-6-10(7-11(12(9)16)13(19)20)18-5-4-15(2,8-18)14(21)17-3/h6-7H,4-5,8,16H2,1-3H3,(H,17,21)(H,19,20). The van der Waals surface area contributed by atoms with E-state index in [0.717, 1.165) is 17.7 Å². The van der Waals surface area contributed by atoms with Crippen molar-refractivity contribution in [1.29, 1.82) is 0 Å². The Bertz CT molecular complexity index is 600. The SMILES string of the molecule is CNC(=O)C1(C)CCN(c2cc(C)c(N)c(C(=O)O)c2)C1. The first-order valence-electron chi connectivity index (χ1n) is 6.89. The van der Waals surface area contributed by atoms with Crippen LogP contribution in [0.25, 0.3) is 0 Å². The number of aryl methyl sites for hydroxylation is 1. The summed E-state index contributed by atoms with van der Waals surface area (Å²) in [5, 5.41) is 11.9. The Hall–Kier alpha value is -2.24. The molecule has 1 aromatic rings. The van der Waals surface area contributed by atoms with Crippen LogP contribution in [0.4, 0.5) is 11.4 Å². The van der Waals surface area contributed by atoms with Gasteiger partial charge in [0.1, 0.15) is 0 Å². The third-order valence-corrected chi connectivity index (χ3v) is 4.22. The van der Waals surface area contributed by atoms with Gasteiger partial charge in [0.2, 0.25) is 5.91 Å². The zero-order valence-electron chi connectivity index (χ0n) is 12.6. The maximum atomic E-state index is 12.0. The van der Waals surface area contributed by atoms with Gasteiger partial charge in [-0.2, -0.15) is 0 Å². The van der Waals surface area contributed by atoms with Crippen LogP contribution in [0, 0.1) is 12.3 Å². The summed E-state index contributed by atoms with van der Waals surface area (Å²) in [6.07, 6.45) is 0.735. The number of nitrogen functional groups attached to an aromatic ring is 1. The van der Waals surface area contributed by atoms with Gasteiger partial charge in [-0.1, -0.05) is 0 Å². The molecule has 1 heterocycles. The van der Waals surface area contributed by atoms with E-state index >= 15 is 0 Å². The van der Waals surface area contributed by atoms with Crippen molar-refractivity contribution in [3.63, 3.8) is 0 Å². The van der Waals surface area contributed by atoms with E-state index in [9.17, 15) is 14.7 Å². The molecule has 6 heteroatoms. The summed E-state index contributed by atoms with van der Waals surface area (Å²) in [4.78, 5) is 25.3. The molecule has 0 aromatic heterocycles. The molecule has 0 aliphatic carbocycles. The van der Waals surface area contributed by atoms with Gasteiger partial charge in [-0.05, 0) is 38.0 Å². The molecule has 0 saturated carbocycles. The molecular formula is C15H21N3O3. The summed E-state index contributed by atoms with van der Waals surface area (Å²) in [6, 6.07) is 3.46. The smallest absolute Gasteiger partial charge is 0.337 e. The zero-order valence-corrected chi connectivity index (χ0v) is 12.6. The lowest BCUT2D eigenvalue weighted by atomic mass is 9.89. The summed E-state index contributed by atoms with van der Waals surface area (Å²) in [5.74, 6) is -1.03. The highest BCUT2D eigenvalue weighted by atomic mass is 16.4. The van der Waals surface area contributed by atoms with Crippen molar-refractivity contribution >= 4 is 23.3 Å². The number of anilines is 2. The molecule has 0 spiro atoms. The van der Waals surface area contributed by atoms with E-state index in [1.807, 2.05) is 17.9 Å². The van der Waals surface area contributed by atoms with E-state index in [4.69, 9.17) is 5.73 Å². The van der Waals surface area contributed by atoms with Crippen molar-refractivity contribution < 1.29 is 14.7 Å². The van der Waals surface area contributed by atoms with Crippen LogP contribution >= 0.6 is 0 Å². The first-order valence-corrected chi connectivity index (χ1v) is 6.89. The molecule has 1 amide bonds. The average Bonchev–Trinajstić information content (AvgIpc) is 2.84. The summed E-state index contributed by atoms with van der Waals surface area (Å²) >= 11 is 0. The van der Waals surface area contributed by atoms with E-state index < -0.39 is 11.4 Å². The molecular weight excluding hydrogens is 270 g/mol. The predicted molar refractivity (Wildman–Crippen MR) is 81.6 cm³/mol. The van der Waals surface area contributed by atoms with Crippen molar-refractivity contribution in [3.8, 4) is 0 Å². The molecule has 1 aliphatic heterocycles. The monoisotopic (exact) mass is 291 g/mol. The quantitative estimate of drug-likeness (QED) is 0.728. The molecule has 1 fully saturated rings. The highest BCUT2D eigenvalue weighted by Crippen LogP contribution is 2.35. The Morgan fingerprint density at radius 2 is 2.10 bits per heavy atom. The molecule has 0 radical (unpaired) electrons. The summed E-state index contributed by atoms with van der Waals surface area (Å²) in [7, 11) is 1.63. The van der Waals surface area contributed by atoms with Crippen molar-refractivity contribution in [2.24, 2.45) is 5.41 Å². The molecule has 1 atom stereocenters. The summed E-state index contributed by atoms with van der Waals surface area (Å²) in [5.41, 5.74) is 7.29. The second-order valence-corrected chi connectivity index (χ2v) is 5.84. The molecule has 6 nitrogen and oxygen atoms in total. The lowest BCUT2D eigenvalue weighted by molar-refractivity contribution is -0.128. The Morgan fingerprint density at radius 1 is 1.43 bits per heavy atom. The van der Waals surface area contributed by atoms with Gasteiger partial charge in [-0.25, -0.2) is 4.79 Å².